The normalized spacial score (nSPS) is 12.1. The van der Waals surface area contributed by atoms with Gasteiger partial charge in [0.1, 0.15) is 0 Å². The van der Waals surface area contributed by atoms with Crippen LogP contribution in [0.15, 0.2) is 73.1 Å². The van der Waals surface area contributed by atoms with Gasteiger partial charge in [-0.15, -0.1) is 0 Å². The van der Waals surface area contributed by atoms with Crippen molar-refractivity contribution in [1.82, 2.24) is 9.97 Å². The van der Waals surface area contributed by atoms with E-state index in [2.05, 4.69) is 79.3 Å². The van der Waals surface area contributed by atoms with Gasteiger partial charge in [-0.2, -0.15) is 0 Å². The molecule has 0 aliphatic carbocycles. The van der Waals surface area contributed by atoms with Crippen LogP contribution in [0.2, 0.25) is 5.04 Å². The number of aromatic nitrogens is 2. The minimum absolute atomic E-state index is 0.0752. The monoisotopic (exact) mass is 378 g/mol. The summed E-state index contributed by atoms with van der Waals surface area (Å²) < 4.78 is 6.80. The van der Waals surface area contributed by atoms with Crippen LogP contribution in [0.3, 0.4) is 0 Å². The van der Waals surface area contributed by atoms with Crippen LogP contribution in [0.25, 0.3) is 0 Å². The molecule has 3 rings (SSSR count). The summed E-state index contributed by atoms with van der Waals surface area (Å²) in [4.78, 5) is 8.63. The molecule has 3 aromatic rings. The molecule has 0 aliphatic heterocycles. The summed E-state index contributed by atoms with van der Waals surface area (Å²) in [5.74, 6) is 0. The molecule has 0 saturated heterocycles. The van der Waals surface area contributed by atoms with E-state index in [1.54, 1.807) is 12.4 Å². The van der Waals surface area contributed by atoms with Crippen LogP contribution in [-0.2, 0) is 17.6 Å². The number of aliphatic hydroxyl groups is 1. The Morgan fingerprint density at radius 3 is 1.70 bits per heavy atom. The number of benzene rings is 2. The highest BCUT2D eigenvalue weighted by Crippen LogP contribution is 2.37. The molecule has 0 amide bonds. The van der Waals surface area contributed by atoms with Crippen LogP contribution in [-0.4, -0.2) is 23.4 Å². The van der Waals surface area contributed by atoms with Gasteiger partial charge in [0.25, 0.3) is 8.32 Å². The van der Waals surface area contributed by atoms with Crippen LogP contribution >= 0.6 is 0 Å². The molecule has 0 aliphatic rings. The molecule has 4 nitrogen and oxygen atoms in total. The Morgan fingerprint density at radius 1 is 0.815 bits per heavy atom. The Kier molecular flexibility index (Phi) is 5.84. The van der Waals surface area contributed by atoms with E-state index >= 15 is 0 Å². The maximum Gasteiger partial charge on any atom is 0.261 e. The van der Waals surface area contributed by atoms with Crippen molar-refractivity contribution in [2.45, 2.75) is 39.0 Å². The molecule has 1 aromatic heterocycles. The van der Waals surface area contributed by atoms with Crippen molar-refractivity contribution in [3.05, 3.63) is 84.4 Å². The lowest BCUT2D eigenvalue weighted by Crippen LogP contribution is -2.66. The van der Waals surface area contributed by atoms with Crippen molar-refractivity contribution < 1.29 is 9.53 Å². The van der Waals surface area contributed by atoms with Crippen LogP contribution < -0.4 is 10.4 Å². The topological polar surface area (TPSA) is 55.2 Å². The molecule has 140 valence electrons. The Morgan fingerprint density at radius 2 is 1.30 bits per heavy atom. The van der Waals surface area contributed by atoms with Gasteiger partial charge in [0.05, 0.1) is 37.0 Å². The van der Waals surface area contributed by atoms with Crippen molar-refractivity contribution in [1.29, 1.82) is 0 Å². The van der Waals surface area contributed by atoms with E-state index in [0.717, 1.165) is 5.69 Å². The molecule has 2 aromatic carbocycles. The smallest absolute Gasteiger partial charge is 0.261 e. The van der Waals surface area contributed by atoms with Gasteiger partial charge in [0.15, 0.2) is 0 Å². The van der Waals surface area contributed by atoms with Crippen LogP contribution in [0, 0.1) is 0 Å². The average molecular weight is 379 g/mol. The van der Waals surface area contributed by atoms with E-state index in [0.29, 0.717) is 12.3 Å². The SMILES string of the molecule is CC(C)(C)[Si](OCc1cnc(CO)cn1)(c1ccccc1)c1ccccc1. The molecule has 0 radical (unpaired) electrons. The first-order chi connectivity index (χ1) is 13.0. The first-order valence-corrected chi connectivity index (χ1v) is 11.0. The highest BCUT2D eigenvalue weighted by molar-refractivity contribution is 6.99. The van der Waals surface area contributed by atoms with E-state index in [4.69, 9.17) is 9.53 Å². The second-order valence-electron chi connectivity index (χ2n) is 7.61. The molecule has 27 heavy (non-hydrogen) atoms. The predicted octanol–water partition coefficient (Wildman–Crippen LogP) is 3.05. The van der Waals surface area contributed by atoms with Gasteiger partial charge in [-0.25, -0.2) is 0 Å². The molecule has 0 atom stereocenters. The van der Waals surface area contributed by atoms with Crippen molar-refractivity contribution in [2.75, 3.05) is 0 Å². The quantitative estimate of drug-likeness (QED) is 0.670. The highest BCUT2D eigenvalue weighted by atomic mass is 28.4. The van der Waals surface area contributed by atoms with Crippen LogP contribution in [0.4, 0.5) is 0 Å². The summed E-state index contributed by atoms with van der Waals surface area (Å²) in [6, 6.07) is 21.1. The fourth-order valence-corrected chi connectivity index (χ4v) is 8.00. The fraction of sp³-hybridized carbons (Fsp3) is 0.273. The second kappa shape index (κ2) is 8.13. The van der Waals surface area contributed by atoms with E-state index in [-0.39, 0.29) is 11.6 Å². The molecular formula is C22H26N2O2Si. The van der Waals surface area contributed by atoms with Gasteiger partial charge >= 0.3 is 0 Å². The van der Waals surface area contributed by atoms with Crippen molar-refractivity contribution >= 4 is 18.7 Å². The van der Waals surface area contributed by atoms with E-state index < -0.39 is 8.32 Å². The summed E-state index contributed by atoms with van der Waals surface area (Å²) in [5.41, 5.74) is 1.32. The van der Waals surface area contributed by atoms with Gasteiger partial charge in [-0.3, -0.25) is 9.97 Å². The Hall–Kier alpha value is -2.34. The molecule has 0 saturated carbocycles. The lowest BCUT2D eigenvalue weighted by atomic mass is 10.2. The zero-order valence-electron chi connectivity index (χ0n) is 16.1. The van der Waals surface area contributed by atoms with E-state index in [9.17, 15) is 0 Å². The zero-order valence-corrected chi connectivity index (χ0v) is 17.1. The van der Waals surface area contributed by atoms with Crippen molar-refractivity contribution in [2.24, 2.45) is 0 Å². The number of hydrogen-bond acceptors (Lipinski definition) is 4. The average Bonchev–Trinajstić information content (AvgIpc) is 2.69. The third-order valence-corrected chi connectivity index (χ3v) is 9.76. The second-order valence-corrected chi connectivity index (χ2v) is 11.9. The van der Waals surface area contributed by atoms with Gasteiger partial charge in [-0.05, 0) is 15.4 Å². The standard InChI is InChI=1S/C22H26N2O2Si/c1-22(2,3)27(20-10-6-4-7-11-20,21-12-8-5-9-13-21)26-17-19-15-23-18(16-25)14-24-19/h4-15,25H,16-17H2,1-3H3. The Balaban J connectivity index is 2.05. The zero-order chi connectivity index (χ0) is 19.3. The number of rotatable bonds is 6. The fourth-order valence-electron chi connectivity index (χ4n) is 3.48. The maximum absolute atomic E-state index is 9.16. The van der Waals surface area contributed by atoms with E-state index in [1.807, 2.05) is 12.1 Å². The minimum atomic E-state index is -2.57. The van der Waals surface area contributed by atoms with Gasteiger partial charge < -0.3 is 9.53 Å². The first-order valence-electron chi connectivity index (χ1n) is 9.13. The van der Waals surface area contributed by atoms with Gasteiger partial charge in [0, 0.05) is 0 Å². The predicted molar refractivity (Wildman–Crippen MR) is 110 cm³/mol. The lowest BCUT2D eigenvalue weighted by Gasteiger charge is -2.42. The molecule has 5 heteroatoms. The maximum atomic E-state index is 9.16. The summed E-state index contributed by atoms with van der Waals surface area (Å²) >= 11 is 0. The lowest BCUT2D eigenvalue weighted by molar-refractivity contribution is 0.272. The van der Waals surface area contributed by atoms with E-state index in [1.165, 1.54) is 10.4 Å². The Bertz CT molecular complexity index is 807. The molecule has 0 spiro atoms. The minimum Gasteiger partial charge on any atom is -0.401 e. The molecule has 1 heterocycles. The molecule has 0 fully saturated rings. The molecule has 1 N–H and O–H groups in total. The third-order valence-electron chi connectivity index (χ3n) is 4.77. The summed E-state index contributed by atoms with van der Waals surface area (Å²) in [7, 11) is -2.57. The van der Waals surface area contributed by atoms with Crippen LogP contribution in [0.1, 0.15) is 32.2 Å². The van der Waals surface area contributed by atoms with Gasteiger partial charge in [-0.1, -0.05) is 81.4 Å². The Labute approximate surface area is 162 Å². The number of nitrogens with zero attached hydrogens (tertiary/aromatic N) is 2. The summed E-state index contributed by atoms with van der Waals surface area (Å²) in [5, 5.41) is 11.6. The summed E-state index contributed by atoms with van der Waals surface area (Å²) in [6.45, 7) is 7.02. The summed E-state index contributed by atoms with van der Waals surface area (Å²) in [6.07, 6.45) is 3.29. The largest absolute Gasteiger partial charge is 0.401 e. The molecule has 0 bridgehead atoms. The highest BCUT2D eigenvalue weighted by Gasteiger charge is 2.50. The van der Waals surface area contributed by atoms with Crippen molar-refractivity contribution in [3.63, 3.8) is 0 Å². The molecule has 0 unspecified atom stereocenters. The number of aliphatic hydroxyl groups excluding tert-OH is 1. The van der Waals surface area contributed by atoms with Gasteiger partial charge in [0.2, 0.25) is 0 Å². The van der Waals surface area contributed by atoms with Crippen molar-refractivity contribution in [3.8, 4) is 0 Å². The number of hydrogen-bond donors (Lipinski definition) is 1. The molecular weight excluding hydrogens is 352 g/mol. The first kappa shape index (κ1) is 19.4. The third kappa shape index (κ3) is 4.00. The van der Waals surface area contributed by atoms with Crippen LogP contribution in [0.5, 0.6) is 0 Å².